The molecule has 2 heteroatoms. The Labute approximate surface area is 186 Å². The predicted octanol–water partition coefficient (Wildman–Crippen LogP) is 3.80. The Kier molecular flexibility index (Phi) is 6.34. The van der Waals surface area contributed by atoms with Crippen molar-refractivity contribution in [3.63, 3.8) is 0 Å². The first-order chi connectivity index (χ1) is 15.3. The lowest BCUT2D eigenvalue weighted by atomic mass is 10.3. The first-order valence-electron chi connectivity index (χ1n) is 10.3. The zero-order valence-electron chi connectivity index (χ0n) is 17.5. The van der Waals surface area contributed by atoms with Gasteiger partial charge in [0.25, 0.3) is 0 Å². The second-order valence-corrected chi connectivity index (χ2v) is 10.7. The van der Waals surface area contributed by atoms with Crippen molar-refractivity contribution >= 4 is 29.3 Å². The molecule has 0 fully saturated rings. The Bertz CT molecular complexity index is 1130. The van der Waals surface area contributed by atoms with E-state index in [0.29, 0.717) is 0 Å². The zero-order chi connectivity index (χ0) is 21.4. The van der Waals surface area contributed by atoms with E-state index in [0.717, 1.165) is 5.69 Å². The lowest BCUT2D eigenvalue weighted by molar-refractivity contribution is 1.25. The van der Waals surface area contributed by atoms with Crippen molar-refractivity contribution in [2.24, 2.45) is 0 Å². The molecule has 0 bridgehead atoms. The normalized spacial score (nSPS) is 10.2. The van der Waals surface area contributed by atoms with Crippen LogP contribution < -0.4 is 20.5 Å². The van der Waals surface area contributed by atoms with Crippen LogP contribution in [0.3, 0.4) is 0 Å². The molecule has 1 nitrogen and oxygen atoms in total. The molecule has 0 atom stereocenters. The number of para-hydroxylation sites is 1. The Morgan fingerprint density at radius 2 is 0.903 bits per heavy atom. The summed E-state index contributed by atoms with van der Waals surface area (Å²) in [7, 11) is -0.599. The summed E-state index contributed by atoms with van der Waals surface area (Å²) in [6, 6.07) is 45.2. The maximum Gasteiger partial charge on any atom is 0.231 e. The highest BCUT2D eigenvalue weighted by Crippen LogP contribution is 2.09. The number of hydrogen-bond donors (Lipinski definition) is 0. The number of benzene rings is 4. The van der Waals surface area contributed by atoms with Gasteiger partial charge in [0.05, 0.1) is 0 Å². The minimum Gasteiger partial charge on any atom is -0.304 e. The number of hydrogen-bond acceptors (Lipinski definition) is 1. The first kappa shape index (κ1) is 20.3. The minimum absolute atomic E-state index is 1.05. The molecule has 148 valence electrons. The summed E-state index contributed by atoms with van der Waals surface area (Å²) in [5.41, 5.74) is 4.73. The van der Waals surface area contributed by atoms with E-state index in [1.54, 1.807) is 0 Å². The van der Waals surface area contributed by atoms with Gasteiger partial charge >= 0.3 is 0 Å². The lowest BCUT2D eigenvalue weighted by Gasteiger charge is -2.27. The van der Waals surface area contributed by atoms with E-state index in [-0.39, 0.29) is 0 Å². The zero-order valence-corrected chi connectivity index (χ0v) is 18.5. The summed E-state index contributed by atoms with van der Waals surface area (Å²) in [6.07, 6.45) is 0. The van der Waals surface area contributed by atoms with Gasteiger partial charge in [-0.25, -0.2) is 0 Å². The van der Waals surface area contributed by atoms with E-state index in [9.17, 15) is 0 Å². The average Bonchev–Trinajstić information content (AvgIpc) is 2.86. The molecule has 0 amide bonds. The average molecular weight is 414 g/mol. The van der Waals surface area contributed by atoms with E-state index in [1.807, 2.05) is 42.3 Å². The highest BCUT2D eigenvalue weighted by Gasteiger charge is 2.38. The second kappa shape index (κ2) is 9.68. The van der Waals surface area contributed by atoms with Gasteiger partial charge in [-0.15, -0.1) is 5.54 Å². The Hall–Kier alpha value is -3.98. The van der Waals surface area contributed by atoms with Gasteiger partial charge in [-0.05, 0) is 33.6 Å². The van der Waals surface area contributed by atoms with Crippen molar-refractivity contribution < 1.29 is 0 Å². The van der Waals surface area contributed by atoms with E-state index >= 15 is 0 Å². The van der Waals surface area contributed by atoms with Crippen LogP contribution in [0.5, 0.6) is 0 Å². The fourth-order valence-corrected chi connectivity index (χ4v) is 7.49. The topological polar surface area (TPSA) is 3.24 Å². The molecule has 0 aliphatic heterocycles. The van der Waals surface area contributed by atoms with Crippen LogP contribution >= 0.6 is 0 Å². The molecular formula is C29H23NSi. The second-order valence-electron chi connectivity index (χ2n) is 7.23. The van der Waals surface area contributed by atoms with Gasteiger partial charge in [0.2, 0.25) is 8.07 Å². The third kappa shape index (κ3) is 4.46. The van der Waals surface area contributed by atoms with Crippen LogP contribution in [-0.4, -0.2) is 15.1 Å². The van der Waals surface area contributed by atoms with Crippen LogP contribution in [0, 0.1) is 23.4 Å². The molecule has 31 heavy (non-hydrogen) atoms. The van der Waals surface area contributed by atoms with Gasteiger partial charge in [0.15, 0.2) is 0 Å². The summed E-state index contributed by atoms with van der Waals surface area (Å²) in [5.74, 6) is 6.33. The lowest BCUT2D eigenvalue weighted by Crippen LogP contribution is -2.66. The van der Waals surface area contributed by atoms with Crippen LogP contribution in [0.15, 0.2) is 121 Å². The van der Waals surface area contributed by atoms with Gasteiger partial charge in [-0.1, -0.05) is 109 Å². The fraction of sp³-hybridized carbons (Fsp3) is 0.0345. The van der Waals surface area contributed by atoms with E-state index < -0.39 is 8.07 Å². The standard InChI is InChI=1S/C29H23NSi/c1-30(26-16-6-2-7-17-26)24-14-15-25-31(27-18-8-3-9-19-27,28-20-10-4-11-21-28)29-22-12-5-13-23-29/h2-13,16-23H,1H3. The molecule has 0 saturated carbocycles. The van der Waals surface area contributed by atoms with E-state index in [4.69, 9.17) is 0 Å². The van der Waals surface area contributed by atoms with Crippen molar-refractivity contribution in [3.05, 3.63) is 121 Å². The molecule has 0 radical (unpaired) electrons. The molecule has 4 aromatic rings. The van der Waals surface area contributed by atoms with Gasteiger partial charge in [0.1, 0.15) is 0 Å². The maximum atomic E-state index is 3.68. The highest BCUT2D eigenvalue weighted by molar-refractivity contribution is 7.16. The van der Waals surface area contributed by atoms with Crippen LogP contribution in [0.1, 0.15) is 0 Å². The summed E-state index contributed by atoms with van der Waals surface area (Å²) in [6.45, 7) is 0. The van der Waals surface area contributed by atoms with Crippen LogP contribution in [0.4, 0.5) is 5.69 Å². The molecule has 0 unspecified atom stereocenters. The van der Waals surface area contributed by atoms with Crippen LogP contribution in [-0.2, 0) is 0 Å². The summed E-state index contributed by atoms with van der Waals surface area (Å²) < 4.78 is 0. The van der Waals surface area contributed by atoms with E-state index in [2.05, 4.69) is 114 Å². The first-order valence-corrected chi connectivity index (χ1v) is 12.3. The largest absolute Gasteiger partial charge is 0.304 e. The van der Waals surface area contributed by atoms with Crippen molar-refractivity contribution in [1.29, 1.82) is 0 Å². The molecule has 4 aromatic carbocycles. The smallest absolute Gasteiger partial charge is 0.231 e. The predicted molar refractivity (Wildman–Crippen MR) is 134 cm³/mol. The summed E-state index contributed by atoms with van der Waals surface area (Å²) in [5, 5.41) is 3.79. The molecule has 0 aliphatic carbocycles. The van der Waals surface area contributed by atoms with Gasteiger partial charge in [-0.2, -0.15) is 0 Å². The van der Waals surface area contributed by atoms with Crippen molar-refractivity contribution in [1.82, 2.24) is 0 Å². The number of rotatable bonds is 4. The van der Waals surface area contributed by atoms with Crippen molar-refractivity contribution in [3.8, 4) is 23.4 Å². The molecule has 0 saturated heterocycles. The molecule has 0 aromatic heterocycles. The van der Waals surface area contributed by atoms with Gasteiger partial charge in [-0.3, -0.25) is 0 Å². The van der Waals surface area contributed by atoms with Crippen LogP contribution in [0.2, 0.25) is 0 Å². The summed E-state index contributed by atoms with van der Waals surface area (Å²) in [4.78, 5) is 1.91. The Morgan fingerprint density at radius 1 is 0.516 bits per heavy atom. The summed E-state index contributed by atoms with van der Waals surface area (Å²) >= 11 is 0. The SMILES string of the molecule is CN(C#CC#C[Si](c1ccccc1)(c1ccccc1)c1ccccc1)c1ccccc1. The van der Waals surface area contributed by atoms with Crippen molar-refractivity contribution in [2.45, 2.75) is 0 Å². The van der Waals surface area contributed by atoms with Gasteiger partial charge in [0, 0.05) is 24.7 Å². The quantitative estimate of drug-likeness (QED) is 0.213. The monoisotopic (exact) mass is 413 g/mol. The molecule has 4 rings (SSSR count). The molecule has 0 N–H and O–H groups in total. The Morgan fingerprint density at radius 3 is 1.32 bits per heavy atom. The maximum absolute atomic E-state index is 3.68. The molecule has 0 aliphatic rings. The number of anilines is 1. The minimum atomic E-state index is -2.56. The molecule has 0 heterocycles. The molecular weight excluding hydrogens is 390 g/mol. The highest BCUT2D eigenvalue weighted by atomic mass is 28.3. The van der Waals surface area contributed by atoms with Gasteiger partial charge < -0.3 is 4.90 Å². The van der Waals surface area contributed by atoms with Crippen molar-refractivity contribution in [2.75, 3.05) is 11.9 Å². The fourth-order valence-electron chi connectivity index (χ4n) is 3.73. The third-order valence-corrected chi connectivity index (χ3v) is 9.40. The molecule has 0 spiro atoms. The van der Waals surface area contributed by atoms with Crippen LogP contribution in [0.25, 0.3) is 0 Å². The third-order valence-electron chi connectivity index (χ3n) is 5.30. The Balaban J connectivity index is 1.85. The number of nitrogens with zero attached hydrogens (tertiary/aromatic N) is 1. The van der Waals surface area contributed by atoms with E-state index in [1.165, 1.54) is 15.6 Å².